The van der Waals surface area contributed by atoms with Crippen LogP contribution in [0.2, 0.25) is 0 Å². The Hall–Kier alpha value is -3.09. The minimum absolute atomic E-state index is 0.475. The van der Waals surface area contributed by atoms with Crippen LogP contribution in [0.1, 0.15) is 5.56 Å². The van der Waals surface area contributed by atoms with E-state index in [4.69, 9.17) is 4.74 Å². The second-order valence-electron chi connectivity index (χ2n) is 5.63. The molecule has 1 aromatic carbocycles. The van der Waals surface area contributed by atoms with E-state index in [0.29, 0.717) is 5.75 Å². The van der Waals surface area contributed by atoms with Gasteiger partial charge in [-0.25, -0.2) is 4.98 Å². The van der Waals surface area contributed by atoms with Crippen LogP contribution >= 0.6 is 0 Å². The zero-order chi connectivity index (χ0) is 17.5. The Kier molecular flexibility index (Phi) is 5.46. The third-order valence-electron chi connectivity index (χ3n) is 3.91. The number of carboxylic acid groups (broad SMARTS) is 1. The van der Waals surface area contributed by atoms with Gasteiger partial charge in [0.1, 0.15) is 25.4 Å². The number of carboxylic acids is 1. The highest BCUT2D eigenvalue weighted by atomic mass is 16.5. The monoisotopic (exact) mass is 340 g/mol. The molecule has 7 heteroatoms. The average molecular weight is 340 g/mol. The summed E-state index contributed by atoms with van der Waals surface area (Å²) in [5.74, 6) is 0.334. The number of nitrogens with zero attached hydrogens (tertiary/aromatic N) is 3. The van der Waals surface area contributed by atoms with Crippen LogP contribution in [0, 0.1) is 0 Å². The Balaban J connectivity index is 1.58. The second kappa shape index (κ2) is 8.14. The molecule has 1 aliphatic rings. The highest BCUT2D eigenvalue weighted by Gasteiger charge is 2.21. The van der Waals surface area contributed by atoms with Crippen molar-refractivity contribution in [3.05, 3.63) is 54.2 Å². The Morgan fingerprint density at radius 3 is 2.64 bits per heavy atom. The largest absolute Gasteiger partial charge is 0.546 e. The van der Waals surface area contributed by atoms with Gasteiger partial charge in [-0.2, -0.15) is 5.10 Å². The number of para-hydroxylation sites is 1. The number of nitrogens with one attached hydrogen (secondary N) is 1. The van der Waals surface area contributed by atoms with E-state index in [1.165, 1.54) is 0 Å². The SMILES string of the molecule is O=C([O-])COc1ccccc1/C=N/N1CCN(c2cccc[nH+]2)CC1. The van der Waals surface area contributed by atoms with Gasteiger partial charge in [-0.1, -0.05) is 18.2 Å². The molecule has 7 nitrogen and oxygen atoms in total. The normalized spacial score (nSPS) is 14.7. The summed E-state index contributed by atoms with van der Waals surface area (Å²) in [6, 6.07) is 13.2. The molecule has 0 bridgehead atoms. The van der Waals surface area contributed by atoms with Crippen LogP contribution in [0.4, 0.5) is 5.82 Å². The van der Waals surface area contributed by atoms with Gasteiger partial charge >= 0.3 is 0 Å². The Morgan fingerprint density at radius 2 is 1.92 bits per heavy atom. The first-order valence-electron chi connectivity index (χ1n) is 8.14. The number of H-pyrrole nitrogens is 1. The summed E-state index contributed by atoms with van der Waals surface area (Å²) in [6.07, 6.45) is 3.62. The molecule has 3 rings (SSSR count). The summed E-state index contributed by atoms with van der Waals surface area (Å²) in [5, 5.41) is 17.0. The van der Waals surface area contributed by atoms with Crippen LogP contribution in [0.15, 0.2) is 53.8 Å². The van der Waals surface area contributed by atoms with E-state index in [2.05, 4.69) is 21.1 Å². The van der Waals surface area contributed by atoms with Gasteiger partial charge in [0.15, 0.2) is 0 Å². The third kappa shape index (κ3) is 4.69. The first kappa shape index (κ1) is 16.8. The van der Waals surface area contributed by atoms with Crippen LogP contribution in [0.5, 0.6) is 5.75 Å². The molecule has 0 aliphatic carbocycles. The van der Waals surface area contributed by atoms with E-state index >= 15 is 0 Å². The molecule has 0 atom stereocenters. The van der Waals surface area contributed by atoms with Gasteiger partial charge in [-0.05, 0) is 18.2 Å². The molecular weight excluding hydrogens is 320 g/mol. The van der Waals surface area contributed by atoms with Crippen LogP contribution in [0.3, 0.4) is 0 Å². The molecule has 25 heavy (non-hydrogen) atoms. The lowest BCUT2D eigenvalue weighted by molar-refractivity contribution is -0.364. The lowest BCUT2D eigenvalue weighted by Crippen LogP contribution is -2.45. The highest BCUT2D eigenvalue weighted by Crippen LogP contribution is 2.16. The number of hydrogen-bond donors (Lipinski definition) is 0. The molecule has 2 aromatic rings. The van der Waals surface area contributed by atoms with Crippen molar-refractivity contribution in [2.75, 3.05) is 37.7 Å². The predicted molar refractivity (Wildman–Crippen MR) is 91.3 cm³/mol. The van der Waals surface area contributed by atoms with E-state index < -0.39 is 12.6 Å². The first-order valence-corrected chi connectivity index (χ1v) is 8.14. The number of aromatic nitrogens is 1. The Bertz CT molecular complexity index is 728. The zero-order valence-corrected chi connectivity index (χ0v) is 13.8. The zero-order valence-electron chi connectivity index (χ0n) is 13.8. The van der Waals surface area contributed by atoms with Crippen molar-refractivity contribution < 1.29 is 19.6 Å². The summed E-state index contributed by atoms with van der Waals surface area (Å²) < 4.78 is 5.23. The fourth-order valence-electron chi connectivity index (χ4n) is 2.63. The second-order valence-corrected chi connectivity index (χ2v) is 5.63. The van der Waals surface area contributed by atoms with E-state index in [-0.39, 0.29) is 0 Å². The van der Waals surface area contributed by atoms with Crippen LogP contribution < -0.4 is 19.7 Å². The molecule has 130 valence electrons. The molecule has 1 aromatic heterocycles. The van der Waals surface area contributed by atoms with E-state index in [0.717, 1.165) is 37.6 Å². The molecule has 2 heterocycles. The van der Waals surface area contributed by atoms with Crippen LogP contribution in [-0.4, -0.2) is 50.0 Å². The number of aromatic amines is 1. The van der Waals surface area contributed by atoms with Crippen molar-refractivity contribution >= 4 is 18.0 Å². The number of anilines is 1. The molecule has 0 amide bonds. The van der Waals surface area contributed by atoms with Crippen molar-refractivity contribution in [1.29, 1.82) is 0 Å². The lowest BCUT2D eigenvalue weighted by Gasteiger charge is -2.28. The minimum Gasteiger partial charge on any atom is -0.546 e. The number of hydrogen-bond acceptors (Lipinski definition) is 6. The Morgan fingerprint density at radius 1 is 1.16 bits per heavy atom. The first-order chi connectivity index (χ1) is 12.2. The van der Waals surface area contributed by atoms with Crippen LogP contribution in [0.25, 0.3) is 0 Å². The number of benzene rings is 1. The summed E-state index contributed by atoms with van der Waals surface area (Å²) in [4.78, 5) is 16.1. The maximum atomic E-state index is 10.6. The quantitative estimate of drug-likeness (QED) is 0.680. The fraction of sp³-hybridized carbons (Fsp3) is 0.278. The predicted octanol–water partition coefficient (Wildman–Crippen LogP) is -0.214. The minimum atomic E-state index is -1.25. The number of rotatable bonds is 6. The maximum absolute atomic E-state index is 10.6. The lowest BCUT2D eigenvalue weighted by atomic mass is 10.2. The highest BCUT2D eigenvalue weighted by molar-refractivity contribution is 5.83. The van der Waals surface area contributed by atoms with E-state index in [1.54, 1.807) is 18.3 Å². The molecule has 1 N–H and O–H groups in total. The standard InChI is InChI=1S/C18H20N4O3/c23-18(24)14-25-16-6-2-1-5-15(16)13-20-22-11-9-21(10-12-22)17-7-3-4-8-19-17/h1-8,13H,9-12,14H2,(H,23,24)/b20-13+. The number of ether oxygens (including phenoxy) is 1. The molecular formula is C18H20N4O3. The van der Waals surface area contributed by atoms with Gasteiger partial charge in [0.2, 0.25) is 0 Å². The topological polar surface area (TPSA) is 82.3 Å². The number of carbonyl (C=O) groups is 1. The summed E-state index contributed by atoms with van der Waals surface area (Å²) in [5.41, 5.74) is 0.738. The van der Waals surface area contributed by atoms with Crippen molar-refractivity contribution in [2.24, 2.45) is 5.10 Å². The molecule has 0 unspecified atom stereocenters. The summed E-state index contributed by atoms with van der Waals surface area (Å²) in [6.45, 7) is 2.89. The van der Waals surface area contributed by atoms with E-state index in [9.17, 15) is 9.90 Å². The van der Waals surface area contributed by atoms with Crippen molar-refractivity contribution in [3.8, 4) is 5.75 Å². The van der Waals surface area contributed by atoms with E-state index in [1.807, 2.05) is 35.5 Å². The molecule has 0 saturated carbocycles. The van der Waals surface area contributed by atoms with Gasteiger partial charge in [0, 0.05) is 11.6 Å². The summed E-state index contributed by atoms with van der Waals surface area (Å²) in [7, 11) is 0. The average Bonchev–Trinajstić information content (AvgIpc) is 2.66. The molecule has 1 fully saturated rings. The molecule has 1 aliphatic heterocycles. The van der Waals surface area contributed by atoms with Gasteiger partial charge < -0.3 is 14.6 Å². The van der Waals surface area contributed by atoms with Gasteiger partial charge in [-0.15, -0.1) is 0 Å². The number of hydrazone groups is 1. The van der Waals surface area contributed by atoms with Crippen molar-refractivity contribution in [3.63, 3.8) is 0 Å². The van der Waals surface area contributed by atoms with Crippen LogP contribution in [-0.2, 0) is 4.79 Å². The number of aliphatic carboxylic acids is 1. The number of carbonyl (C=O) groups excluding carboxylic acids is 1. The van der Waals surface area contributed by atoms with Gasteiger partial charge in [0.25, 0.3) is 5.82 Å². The summed E-state index contributed by atoms with van der Waals surface area (Å²) >= 11 is 0. The molecule has 0 radical (unpaired) electrons. The smallest absolute Gasteiger partial charge is 0.274 e. The maximum Gasteiger partial charge on any atom is 0.274 e. The molecule has 0 spiro atoms. The number of pyridine rings is 1. The van der Waals surface area contributed by atoms with Crippen molar-refractivity contribution in [2.45, 2.75) is 0 Å². The van der Waals surface area contributed by atoms with Gasteiger partial charge in [0.05, 0.1) is 31.5 Å². The fourth-order valence-corrected chi connectivity index (χ4v) is 2.63. The third-order valence-corrected chi connectivity index (χ3v) is 3.91. The van der Waals surface area contributed by atoms with Crippen molar-refractivity contribution in [1.82, 2.24) is 5.01 Å². The number of piperazine rings is 1. The van der Waals surface area contributed by atoms with Gasteiger partial charge in [-0.3, -0.25) is 9.91 Å². The molecule has 1 saturated heterocycles. The Labute approximate surface area is 146 Å².